The number of carbonyl (C=O) groups is 3. The molecule has 3 aliphatic heterocycles. The zero-order valence-corrected chi connectivity index (χ0v) is 33.0. The number of nitrogens with one attached hydrogen (secondary N) is 1. The molecular formula is C38H57NO20. The number of hydrogen-bond acceptors (Lipinski definition) is 20. The maximum Gasteiger partial charge on any atom is 0.338 e. The highest BCUT2D eigenvalue weighted by Gasteiger charge is 2.55. The van der Waals surface area contributed by atoms with Crippen LogP contribution in [0, 0.1) is 11.8 Å². The lowest BCUT2D eigenvalue weighted by molar-refractivity contribution is -0.361. The van der Waals surface area contributed by atoms with Crippen LogP contribution in [0.4, 0.5) is 0 Å². The van der Waals surface area contributed by atoms with Crippen molar-refractivity contribution >= 4 is 17.8 Å². The summed E-state index contributed by atoms with van der Waals surface area (Å²) in [7, 11) is 1.21. The van der Waals surface area contributed by atoms with Gasteiger partial charge in [-0.15, -0.1) is 0 Å². The highest BCUT2D eigenvalue weighted by molar-refractivity contribution is 5.89. The fourth-order valence-electron chi connectivity index (χ4n) is 8.00. The molecular weight excluding hydrogens is 790 g/mol. The van der Waals surface area contributed by atoms with Gasteiger partial charge in [-0.25, -0.2) is 4.79 Å². The van der Waals surface area contributed by atoms with Gasteiger partial charge >= 0.3 is 11.9 Å². The molecule has 21 nitrogen and oxygen atoms in total. The molecule has 4 fully saturated rings. The number of esters is 2. The predicted octanol–water partition coefficient (Wildman–Crippen LogP) is -3.81. The standard InChI is InChI=1S/C38H57NO20/c1-15-10-19(35(50)52-4)11-22(31(15)59-37-30(49)29(48)26(45)16(2)53-37)54-38-34(58-36(51)18-8-6-5-7-9-18)33(28(47)23(14-41)55-38)57-24-12-20(43)25(39-17(3)42)32(56-24)27(46)21(44)13-40/h5-9,15-16,19-34,37-38,40-41,43-49H,10-14H2,1-4H3,(H,39,42)/t15-,16-,19?,20-,21+,22+,23+,24?,25+,26+,27+,28-,29+,30-,31+,32+,33-,34+,37?,38+/m0/s1. The van der Waals surface area contributed by atoms with Crippen LogP contribution in [0.5, 0.6) is 0 Å². The molecule has 20 atom stereocenters. The van der Waals surface area contributed by atoms with E-state index in [1.165, 1.54) is 26.2 Å². The predicted molar refractivity (Wildman–Crippen MR) is 194 cm³/mol. The average Bonchev–Trinajstić information content (AvgIpc) is 3.22. The first-order chi connectivity index (χ1) is 28.0. The van der Waals surface area contributed by atoms with Gasteiger partial charge in [0, 0.05) is 13.3 Å². The van der Waals surface area contributed by atoms with Gasteiger partial charge in [0.25, 0.3) is 0 Å². The SMILES string of the molecule is COC(=O)C1C[C@H](C)[C@@H](OC2O[C@@H](C)[C@@H](O)[C@@H](O)[C@@H]2O)[C@H](O[C@@H]2O[C@H](CO)[C@H](O)[C@H](OC3C[C@H](O)[C@@H](NC(C)=O)[C@H]([C@H](O)[C@H](O)CO)O3)[C@H]2OC(=O)c2ccccc2)C1. The van der Waals surface area contributed by atoms with Crippen molar-refractivity contribution in [2.45, 2.75) is 150 Å². The van der Waals surface area contributed by atoms with Crippen LogP contribution in [0.2, 0.25) is 0 Å². The highest BCUT2D eigenvalue weighted by atomic mass is 16.8. The van der Waals surface area contributed by atoms with Gasteiger partial charge in [-0.05, 0) is 37.8 Å². The fraction of sp³-hybridized carbons (Fsp3) is 0.763. The quantitative estimate of drug-likeness (QED) is 0.0803. The van der Waals surface area contributed by atoms with Crippen LogP contribution in [-0.4, -0.2) is 194 Å². The van der Waals surface area contributed by atoms with Gasteiger partial charge in [0.1, 0.15) is 54.9 Å². The second-order valence-electron chi connectivity index (χ2n) is 15.5. The van der Waals surface area contributed by atoms with E-state index in [0.29, 0.717) is 0 Å². The minimum Gasteiger partial charge on any atom is -0.469 e. The minimum atomic E-state index is -1.88. The third-order valence-electron chi connectivity index (χ3n) is 11.2. The Hall–Kier alpha value is -2.97. The molecule has 3 unspecified atom stereocenters. The summed E-state index contributed by atoms with van der Waals surface area (Å²) >= 11 is 0. The van der Waals surface area contributed by atoms with Crippen LogP contribution in [0.3, 0.4) is 0 Å². The molecule has 0 bridgehead atoms. The number of benzene rings is 1. The zero-order valence-electron chi connectivity index (χ0n) is 33.0. The molecule has 1 aromatic rings. The van der Waals surface area contributed by atoms with Gasteiger partial charge in [0.15, 0.2) is 25.0 Å². The van der Waals surface area contributed by atoms with Crippen molar-refractivity contribution in [3.8, 4) is 0 Å². The van der Waals surface area contributed by atoms with Gasteiger partial charge < -0.3 is 89.2 Å². The molecule has 3 heterocycles. The molecule has 1 aromatic carbocycles. The Labute approximate surface area is 339 Å². The van der Waals surface area contributed by atoms with Gasteiger partial charge in [-0.1, -0.05) is 25.1 Å². The molecule has 0 spiro atoms. The Morgan fingerprint density at radius 2 is 1.51 bits per heavy atom. The summed E-state index contributed by atoms with van der Waals surface area (Å²) in [4.78, 5) is 38.6. The van der Waals surface area contributed by atoms with Crippen molar-refractivity contribution in [3.05, 3.63) is 35.9 Å². The van der Waals surface area contributed by atoms with Gasteiger partial charge in [0.2, 0.25) is 5.91 Å². The monoisotopic (exact) mass is 847 g/mol. The summed E-state index contributed by atoms with van der Waals surface area (Å²) in [5.74, 6) is -3.45. The Morgan fingerprint density at radius 1 is 0.814 bits per heavy atom. The van der Waals surface area contributed by atoms with Crippen molar-refractivity contribution in [1.82, 2.24) is 5.32 Å². The number of aliphatic hydroxyl groups is 9. The van der Waals surface area contributed by atoms with Crippen molar-refractivity contribution in [2.75, 3.05) is 20.3 Å². The molecule has 1 saturated carbocycles. The number of aliphatic hydroxyl groups excluding tert-OH is 9. The van der Waals surface area contributed by atoms with E-state index in [0.717, 1.165) is 6.92 Å². The lowest BCUT2D eigenvalue weighted by Gasteiger charge is -2.49. The van der Waals surface area contributed by atoms with Crippen LogP contribution in [0.1, 0.15) is 50.4 Å². The summed E-state index contributed by atoms with van der Waals surface area (Å²) in [5, 5.41) is 97.9. The van der Waals surface area contributed by atoms with E-state index in [4.69, 9.17) is 37.9 Å². The van der Waals surface area contributed by atoms with Crippen LogP contribution >= 0.6 is 0 Å². The molecule has 59 heavy (non-hydrogen) atoms. The second-order valence-corrected chi connectivity index (χ2v) is 15.5. The molecule has 334 valence electrons. The smallest absolute Gasteiger partial charge is 0.338 e. The van der Waals surface area contributed by atoms with Crippen molar-refractivity contribution in [3.63, 3.8) is 0 Å². The molecule has 10 N–H and O–H groups in total. The Bertz CT molecular complexity index is 1520. The maximum atomic E-state index is 13.7. The summed E-state index contributed by atoms with van der Waals surface area (Å²) in [6.45, 7) is 2.58. The first-order valence-corrected chi connectivity index (χ1v) is 19.5. The fourth-order valence-corrected chi connectivity index (χ4v) is 8.00. The average molecular weight is 848 g/mol. The lowest BCUT2D eigenvalue weighted by atomic mass is 9.78. The largest absolute Gasteiger partial charge is 0.469 e. The van der Waals surface area contributed by atoms with Gasteiger partial charge in [0.05, 0.1) is 62.3 Å². The second kappa shape index (κ2) is 20.7. The van der Waals surface area contributed by atoms with E-state index in [9.17, 15) is 60.3 Å². The molecule has 1 aliphatic carbocycles. The first-order valence-electron chi connectivity index (χ1n) is 19.5. The van der Waals surface area contributed by atoms with Crippen LogP contribution in [0.15, 0.2) is 30.3 Å². The van der Waals surface area contributed by atoms with E-state index >= 15 is 0 Å². The molecule has 21 heteroatoms. The third-order valence-corrected chi connectivity index (χ3v) is 11.2. The zero-order chi connectivity index (χ0) is 43.3. The number of hydrogen-bond donors (Lipinski definition) is 10. The maximum absolute atomic E-state index is 13.7. The topological polar surface area (TPSA) is 319 Å². The minimum absolute atomic E-state index is 0.0593. The number of amides is 1. The van der Waals surface area contributed by atoms with E-state index in [-0.39, 0.29) is 18.4 Å². The van der Waals surface area contributed by atoms with E-state index in [1.54, 1.807) is 25.1 Å². The Morgan fingerprint density at radius 3 is 2.14 bits per heavy atom. The van der Waals surface area contributed by atoms with Crippen LogP contribution in [-0.2, 0) is 47.5 Å². The van der Waals surface area contributed by atoms with E-state index in [2.05, 4.69) is 5.32 Å². The Kier molecular flexibility index (Phi) is 16.5. The number of rotatable bonds is 14. The molecule has 3 saturated heterocycles. The van der Waals surface area contributed by atoms with Crippen molar-refractivity contribution in [2.24, 2.45) is 11.8 Å². The van der Waals surface area contributed by atoms with Crippen molar-refractivity contribution < 1.29 is 98.2 Å². The summed E-state index contributed by atoms with van der Waals surface area (Å²) in [6.07, 6.45) is -26.5. The van der Waals surface area contributed by atoms with Crippen molar-refractivity contribution in [1.29, 1.82) is 0 Å². The lowest BCUT2D eigenvalue weighted by Crippen LogP contribution is -2.66. The van der Waals surface area contributed by atoms with E-state index < -0.39 is 160 Å². The molecule has 1 amide bonds. The van der Waals surface area contributed by atoms with Crippen LogP contribution < -0.4 is 5.32 Å². The Balaban J connectivity index is 1.50. The normalized spacial score (nSPS) is 41.3. The highest BCUT2D eigenvalue weighted by Crippen LogP contribution is 2.39. The molecule has 5 rings (SSSR count). The van der Waals surface area contributed by atoms with Gasteiger partial charge in [-0.2, -0.15) is 0 Å². The van der Waals surface area contributed by atoms with E-state index in [1.807, 2.05) is 0 Å². The molecule has 0 aromatic heterocycles. The molecule has 4 aliphatic rings. The van der Waals surface area contributed by atoms with Gasteiger partial charge in [-0.3, -0.25) is 9.59 Å². The number of ether oxygens (including phenoxy) is 8. The molecule has 0 radical (unpaired) electrons. The summed E-state index contributed by atoms with van der Waals surface area (Å²) < 4.78 is 47.6. The number of carbonyl (C=O) groups excluding carboxylic acids is 3. The number of methoxy groups -OCH3 is 1. The third kappa shape index (κ3) is 10.9. The van der Waals surface area contributed by atoms with Crippen LogP contribution in [0.25, 0.3) is 0 Å². The first kappa shape index (κ1) is 47.1. The summed E-state index contributed by atoms with van der Waals surface area (Å²) in [6, 6.07) is 6.38. The summed E-state index contributed by atoms with van der Waals surface area (Å²) in [5.41, 5.74) is 0.0593.